The van der Waals surface area contributed by atoms with Crippen molar-refractivity contribution in [2.75, 3.05) is 19.0 Å². The number of nitrogens with one attached hydrogen (secondary N) is 2. The molecule has 1 aromatic heterocycles. The van der Waals surface area contributed by atoms with Crippen LogP contribution in [0.5, 0.6) is 5.75 Å². The van der Waals surface area contributed by atoms with Crippen LogP contribution in [0.1, 0.15) is 31.5 Å². The molecule has 1 unspecified atom stereocenters. The van der Waals surface area contributed by atoms with Crippen LogP contribution >= 0.6 is 0 Å². The number of carbonyl (C=O) groups is 1. The molecule has 3 rings (SSSR count). The highest BCUT2D eigenvalue weighted by Crippen LogP contribution is 2.24. The largest absolute Gasteiger partial charge is 0.495 e. The maximum atomic E-state index is 12.8. The van der Waals surface area contributed by atoms with Gasteiger partial charge in [-0.05, 0) is 31.2 Å². The molecule has 5 nitrogen and oxygen atoms in total. The van der Waals surface area contributed by atoms with Crippen molar-refractivity contribution in [3.63, 3.8) is 0 Å². The summed E-state index contributed by atoms with van der Waals surface area (Å²) in [5.74, 6) is 0.726. The van der Waals surface area contributed by atoms with Crippen molar-refractivity contribution in [2.45, 2.75) is 31.8 Å². The van der Waals surface area contributed by atoms with E-state index in [2.05, 4.69) is 35.3 Å². The fraction of sp³-hybridized carbons (Fsp3) is 0.421. The number of nitrogens with zero attached hydrogens (tertiary/aromatic N) is 1. The van der Waals surface area contributed by atoms with Crippen molar-refractivity contribution in [2.24, 2.45) is 7.05 Å². The monoisotopic (exact) mass is 328 g/mol. The van der Waals surface area contributed by atoms with Gasteiger partial charge in [0.05, 0.1) is 25.0 Å². The van der Waals surface area contributed by atoms with E-state index >= 15 is 0 Å². The molecule has 128 valence electrons. The van der Waals surface area contributed by atoms with Gasteiger partial charge in [-0.15, -0.1) is 0 Å². The quantitative estimate of drug-likeness (QED) is 0.879. The lowest BCUT2D eigenvalue weighted by Crippen LogP contribution is -3.15. The summed E-state index contributed by atoms with van der Waals surface area (Å²) in [4.78, 5) is 14.1. The number of hydrogen-bond donors (Lipinski definition) is 2. The van der Waals surface area contributed by atoms with Crippen molar-refractivity contribution in [1.82, 2.24) is 4.57 Å². The van der Waals surface area contributed by atoms with E-state index in [1.165, 1.54) is 10.6 Å². The van der Waals surface area contributed by atoms with Crippen LogP contribution in [0.3, 0.4) is 0 Å². The van der Waals surface area contributed by atoms with E-state index in [-0.39, 0.29) is 11.9 Å². The van der Waals surface area contributed by atoms with Gasteiger partial charge in [-0.3, -0.25) is 4.79 Å². The van der Waals surface area contributed by atoms with Crippen LogP contribution in [0.25, 0.3) is 0 Å². The number of hydrogen-bond acceptors (Lipinski definition) is 2. The van der Waals surface area contributed by atoms with E-state index in [0.29, 0.717) is 11.8 Å². The molecule has 0 bridgehead atoms. The number of para-hydroxylation sites is 2. The first-order chi connectivity index (χ1) is 11.6. The zero-order chi connectivity index (χ0) is 17.1. The second kappa shape index (κ2) is 7.09. The zero-order valence-corrected chi connectivity index (χ0v) is 14.6. The highest BCUT2D eigenvalue weighted by atomic mass is 16.5. The third-order valence-corrected chi connectivity index (χ3v) is 5.06. The molecule has 0 saturated carbocycles. The number of quaternary nitrogens is 1. The summed E-state index contributed by atoms with van der Waals surface area (Å²) in [6.07, 6.45) is 4.35. The summed E-state index contributed by atoms with van der Waals surface area (Å²) < 4.78 is 7.49. The van der Waals surface area contributed by atoms with Crippen LogP contribution in [0.4, 0.5) is 5.69 Å². The van der Waals surface area contributed by atoms with Gasteiger partial charge in [-0.1, -0.05) is 12.1 Å². The maximum Gasteiger partial charge on any atom is 0.282 e. The minimum absolute atomic E-state index is 0.0376. The molecule has 1 amide bonds. The Labute approximate surface area is 143 Å². The number of likely N-dealkylation sites (tertiary alicyclic amines) is 1. The Morgan fingerprint density at radius 1 is 1.33 bits per heavy atom. The van der Waals surface area contributed by atoms with Gasteiger partial charge in [0.1, 0.15) is 11.8 Å². The Hall–Kier alpha value is -2.27. The van der Waals surface area contributed by atoms with E-state index in [1.807, 2.05) is 31.2 Å². The Kier molecular flexibility index (Phi) is 4.90. The molecule has 1 saturated heterocycles. The van der Waals surface area contributed by atoms with E-state index < -0.39 is 0 Å². The van der Waals surface area contributed by atoms with E-state index in [1.54, 1.807) is 7.11 Å². The normalized spacial score (nSPS) is 21.5. The number of amides is 1. The van der Waals surface area contributed by atoms with Gasteiger partial charge < -0.3 is 19.5 Å². The molecule has 1 aliphatic heterocycles. The lowest BCUT2D eigenvalue weighted by atomic mass is 10.1. The molecular formula is C19H26N3O2+. The fourth-order valence-corrected chi connectivity index (χ4v) is 3.72. The van der Waals surface area contributed by atoms with Gasteiger partial charge in [0.25, 0.3) is 5.91 Å². The van der Waals surface area contributed by atoms with Crippen LogP contribution in [-0.2, 0) is 11.8 Å². The Bertz CT molecular complexity index is 710. The molecule has 3 atom stereocenters. The van der Waals surface area contributed by atoms with Gasteiger partial charge in [-0.2, -0.15) is 0 Å². The molecule has 1 aromatic carbocycles. The highest BCUT2D eigenvalue weighted by molar-refractivity contribution is 5.94. The minimum Gasteiger partial charge on any atom is -0.495 e. The Morgan fingerprint density at radius 2 is 2.12 bits per heavy atom. The number of benzene rings is 1. The molecule has 5 heteroatoms. The van der Waals surface area contributed by atoms with Crippen LogP contribution in [0.15, 0.2) is 42.6 Å². The third-order valence-electron chi connectivity index (χ3n) is 5.06. The first-order valence-electron chi connectivity index (χ1n) is 8.52. The lowest BCUT2D eigenvalue weighted by Gasteiger charge is -2.27. The van der Waals surface area contributed by atoms with E-state index in [4.69, 9.17) is 4.74 Å². The smallest absolute Gasteiger partial charge is 0.282 e. The second-order valence-electron chi connectivity index (χ2n) is 6.47. The van der Waals surface area contributed by atoms with Crippen LogP contribution in [0.2, 0.25) is 0 Å². The van der Waals surface area contributed by atoms with Gasteiger partial charge in [-0.25, -0.2) is 0 Å². The topological polar surface area (TPSA) is 47.7 Å². The maximum absolute atomic E-state index is 12.8. The molecule has 0 radical (unpaired) electrons. The average molecular weight is 328 g/mol. The predicted octanol–water partition coefficient (Wildman–Crippen LogP) is 1.78. The van der Waals surface area contributed by atoms with Gasteiger partial charge in [0.15, 0.2) is 6.04 Å². The number of rotatable bonds is 5. The molecule has 2 N–H and O–H groups in total. The summed E-state index contributed by atoms with van der Waals surface area (Å²) in [5.41, 5.74) is 2.03. The first-order valence-corrected chi connectivity index (χ1v) is 8.52. The summed E-state index contributed by atoms with van der Waals surface area (Å²) in [6, 6.07) is 12.0. The van der Waals surface area contributed by atoms with Crippen molar-refractivity contribution >= 4 is 11.6 Å². The molecule has 2 heterocycles. The van der Waals surface area contributed by atoms with Crippen LogP contribution in [-0.4, -0.2) is 30.2 Å². The van der Waals surface area contributed by atoms with Crippen molar-refractivity contribution in [3.05, 3.63) is 48.3 Å². The molecule has 0 aliphatic carbocycles. The molecule has 0 spiro atoms. The number of ether oxygens (including phenoxy) is 1. The fourth-order valence-electron chi connectivity index (χ4n) is 3.72. The zero-order valence-electron chi connectivity index (χ0n) is 14.6. The van der Waals surface area contributed by atoms with Crippen molar-refractivity contribution in [1.29, 1.82) is 0 Å². The molecule has 2 aromatic rings. The summed E-state index contributed by atoms with van der Waals surface area (Å²) in [6.45, 7) is 3.04. The highest BCUT2D eigenvalue weighted by Gasteiger charge is 2.38. The number of anilines is 1. The third kappa shape index (κ3) is 3.17. The SMILES string of the molecule is COc1ccccc1NC(=O)[C@@H](C)[NH+]1CCC[C@@H]1c1cccn1C. The molecule has 24 heavy (non-hydrogen) atoms. The standard InChI is InChI=1S/C19H25N3O2/c1-14(19(23)20-15-8-4-5-11-18(15)24-3)22-13-7-10-17(22)16-9-6-12-21(16)2/h4-6,8-9,11-12,14,17H,7,10,13H2,1-3H3,(H,20,23)/p+1/t14-,17-/m1/s1. The molecule has 1 aliphatic rings. The van der Waals surface area contributed by atoms with Gasteiger partial charge in [0, 0.05) is 26.1 Å². The number of carbonyl (C=O) groups excluding carboxylic acids is 1. The van der Waals surface area contributed by atoms with E-state index in [9.17, 15) is 4.79 Å². The van der Waals surface area contributed by atoms with Crippen LogP contribution < -0.4 is 15.0 Å². The van der Waals surface area contributed by atoms with E-state index in [0.717, 1.165) is 25.1 Å². The molecule has 1 fully saturated rings. The molecular weight excluding hydrogens is 302 g/mol. The summed E-state index contributed by atoms with van der Waals surface area (Å²) in [7, 11) is 3.69. The second-order valence-corrected chi connectivity index (χ2v) is 6.47. The van der Waals surface area contributed by atoms with Gasteiger partial charge >= 0.3 is 0 Å². The van der Waals surface area contributed by atoms with Crippen molar-refractivity contribution in [3.8, 4) is 5.75 Å². The van der Waals surface area contributed by atoms with Crippen molar-refractivity contribution < 1.29 is 14.4 Å². The Balaban J connectivity index is 1.74. The average Bonchev–Trinajstić information content (AvgIpc) is 3.22. The number of aromatic nitrogens is 1. The summed E-state index contributed by atoms with van der Waals surface area (Å²) >= 11 is 0. The first kappa shape index (κ1) is 16.6. The number of aryl methyl sites for hydroxylation is 1. The lowest BCUT2D eigenvalue weighted by molar-refractivity contribution is -0.932. The van der Waals surface area contributed by atoms with Gasteiger partial charge in [0.2, 0.25) is 0 Å². The van der Waals surface area contributed by atoms with Crippen LogP contribution in [0, 0.1) is 0 Å². The minimum atomic E-state index is -0.114. The summed E-state index contributed by atoms with van der Waals surface area (Å²) in [5, 5.41) is 3.03. The Morgan fingerprint density at radius 3 is 2.83 bits per heavy atom. The predicted molar refractivity (Wildman–Crippen MR) is 94.3 cm³/mol. The number of methoxy groups -OCH3 is 1.